The lowest BCUT2D eigenvalue weighted by atomic mass is 10.1. The Morgan fingerprint density at radius 1 is 1.47 bits per heavy atom. The second-order valence-corrected chi connectivity index (χ2v) is 3.00. The molecule has 6 nitrogen and oxygen atoms in total. The zero-order valence-electron chi connectivity index (χ0n) is 8.91. The number of hydrogen-bond donors (Lipinski definition) is 0. The molecule has 0 radical (unpaired) electrons. The molecule has 0 fully saturated rings. The smallest absolute Gasteiger partial charge is 0.331 e. The Kier molecular flexibility index (Phi) is 3.95. The minimum Gasteiger partial charge on any atom is -0.466 e. The van der Waals surface area contributed by atoms with Crippen LogP contribution in [0.15, 0.2) is 30.3 Å². The summed E-state index contributed by atoms with van der Waals surface area (Å²) in [5, 5.41) is 19.3. The number of hydrogen-bond acceptors (Lipinski definition) is 5. The number of nitrogens with zero attached hydrogens (tertiary/aromatic N) is 2. The Morgan fingerprint density at radius 2 is 2.06 bits per heavy atom. The van der Waals surface area contributed by atoms with Crippen LogP contribution in [0.3, 0.4) is 0 Å². The molecular formula is C11H8N2O4. The normalized spacial score (nSPS) is 10.5. The van der Waals surface area contributed by atoms with Crippen molar-refractivity contribution >= 4 is 17.2 Å². The van der Waals surface area contributed by atoms with Crippen molar-refractivity contribution in [2.75, 3.05) is 7.11 Å². The average Bonchev–Trinajstić information content (AvgIpc) is 2.35. The largest absolute Gasteiger partial charge is 0.466 e. The number of carbonyl (C=O) groups is 1. The third-order valence-electron chi connectivity index (χ3n) is 1.97. The number of benzene rings is 1. The molecule has 0 bridgehead atoms. The lowest BCUT2D eigenvalue weighted by molar-refractivity contribution is -0.384. The van der Waals surface area contributed by atoms with Crippen LogP contribution in [0.25, 0.3) is 5.57 Å². The zero-order valence-corrected chi connectivity index (χ0v) is 8.91. The second kappa shape index (κ2) is 5.42. The Bertz CT molecular complexity index is 511. The molecule has 1 aromatic rings. The van der Waals surface area contributed by atoms with E-state index in [4.69, 9.17) is 5.26 Å². The van der Waals surface area contributed by atoms with E-state index in [2.05, 4.69) is 4.74 Å². The second-order valence-electron chi connectivity index (χ2n) is 3.00. The Balaban J connectivity index is 3.07. The number of carbonyl (C=O) groups excluding carboxylic acids is 1. The fourth-order valence-corrected chi connectivity index (χ4v) is 1.12. The van der Waals surface area contributed by atoms with Gasteiger partial charge in [-0.15, -0.1) is 0 Å². The third-order valence-corrected chi connectivity index (χ3v) is 1.97. The predicted molar refractivity (Wildman–Crippen MR) is 58.7 cm³/mol. The molecule has 0 unspecified atom stereocenters. The van der Waals surface area contributed by atoms with E-state index in [1.807, 2.05) is 6.07 Å². The predicted octanol–water partition coefficient (Wildman–Crippen LogP) is 1.67. The summed E-state index contributed by atoms with van der Waals surface area (Å²) in [6, 6.07) is 7.14. The van der Waals surface area contributed by atoms with Crippen LogP contribution in [0.2, 0.25) is 0 Å². The number of nitro benzene ring substituents is 1. The minimum atomic E-state index is -0.653. The van der Waals surface area contributed by atoms with Gasteiger partial charge in [-0.05, 0) is 17.7 Å². The highest BCUT2D eigenvalue weighted by molar-refractivity contribution is 5.95. The Labute approximate surface area is 96.9 Å². The first-order valence-corrected chi connectivity index (χ1v) is 4.53. The molecule has 0 saturated carbocycles. The quantitative estimate of drug-likeness (QED) is 0.260. The maximum absolute atomic E-state index is 11.0. The van der Waals surface area contributed by atoms with Gasteiger partial charge in [-0.2, -0.15) is 5.26 Å². The van der Waals surface area contributed by atoms with Crippen molar-refractivity contribution in [3.63, 3.8) is 0 Å². The van der Waals surface area contributed by atoms with Gasteiger partial charge >= 0.3 is 5.97 Å². The summed E-state index contributed by atoms with van der Waals surface area (Å²) >= 11 is 0. The number of rotatable bonds is 3. The molecular weight excluding hydrogens is 224 g/mol. The molecule has 1 rings (SSSR count). The molecule has 0 spiro atoms. The first-order valence-electron chi connectivity index (χ1n) is 4.53. The third kappa shape index (κ3) is 3.14. The molecule has 0 heterocycles. The Hall–Kier alpha value is -2.68. The highest BCUT2D eigenvalue weighted by Crippen LogP contribution is 2.18. The van der Waals surface area contributed by atoms with Crippen LogP contribution in [0, 0.1) is 21.4 Å². The Morgan fingerprint density at radius 3 is 2.47 bits per heavy atom. The summed E-state index contributed by atoms with van der Waals surface area (Å²) in [6.07, 6.45) is 1.03. The maximum atomic E-state index is 11.0. The molecule has 17 heavy (non-hydrogen) atoms. The van der Waals surface area contributed by atoms with E-state index in [1.54, 1.807) is 0 Å². The molecule has 6 heteroatoms. The summed E-state index contributed by atoms with van der Waals surface area (Å²) in [6.45, 7) is 0. The van der Waals surface area contributed by atoms with Gasteiger partial charge in [-0.25, -0.2) is 4.79 Å². The van der Waals surface area contributed by atoms with Crippen LogP contribution in [0.1, 0.15) is 5.56 Å². The van der Waals surface area contributed by atoms with Gasteiger partial charge in [0.1, 0.15) is 6.07 Å². The molecule has 0 amide bonds. The van der Waals surface area contributed by atoms with Gasteiger partial charge < -0.3 is 4.74 Å². The van der Waals surface area contributed by atoms with Crippen molar-refractivity contribution in [1.82, 2.24) is 0 Å². The number of ether oxygens (including phenoxy) is 1. The van der Waals surface area contributed by atoms with E-state index in [9.17, 15) is 14.9 Å². The fourth-order valence-electron chi connectivity index (χ4n) is 1.12. The number of esters is 1. The van der Waals surface area contributed by atoms with Gasteiger partial charge in [0.15, 0.2) is 0 Å². The van der Waals surface area contributed by atoms with Crippen LogP contribution in [0.4, 0.5) is 5.69 Å². The topological polar surface area (TPSA) is 93.2 Å². The molecule has 0 saturated heterocycles. The van der Waals surface area contributed by atoms with Gasteiger partial charge in [0, 0.05) is 18.2 Å². The summed E-state index contributed by atoms with van der Waals surface area (Å²) in [5.41, 5.74) is 0.430. The van der Waals surface area contributed by atoms with Crippen molar-refractivity contribution < 1.29 is 14.5 Å². The summed E-state index contributed by atoms with van der Waals surface area (Å²) in [4.78, 5) is 20.9. The molecule has 0 aliphatic carbocycles. The van der Waals surface area contributed by atoms with Gasteiger partial charge in [0.05, 0.1) is 17.6 Å². The molecule has 0 atom stereocenters. The maximum Gasteiger partial charge on any atom is 0.331 e. The van der Waals surface area contributed by atoms with E-state index < -0.39 is 10.9 Å². The van der Waals surface area contributed by atoms with Crippen molar-refractivity contribution in [2.45, 2.75) is 0 Å². The van der Waals surface area contributed by atoms with Crippen molar-refractivity contribution in [1.29, 1.82) is 5.26 Å². The summed E-state index contributed by atoms with van der Waals surface area (Å²) in [7, 11) is 1.20. The van der Waals surface area contributed by atoms with Crippen LogP contribution in [0.5, 0.6) is 0 Å². The standard InChI is InChI=1S/C11H8N2O4/c1-17-11(14)6-9(7-12)8-2-4-10(5-3-8)13(15)16/h2-6H,1H3/b9-6-. The molecule has 1 aromatic carbocycles. The molecule has 0 aromatic heterocycles. The first kappa shape index (κ1) is 12.4. The number of methoxy groups -OCH3 is 1. The molecule has 0 aliphatic rings. The monoisotopic (exact) mass is 232 g/mol. The van der Waals surface area contributed by atoms with E-state index in [0.717, 1.165) is 6.08 Å². The van der Waals surface area contributed by atoms with Crippen LogP contribution in [-0.4, -0.2) is 18.0 Å². The minimum absolute atomic E-state index is 0.0795. The summed E-state index contributed by atoms with van der Waals surface area (Å²) < 4.78 is 4.39. The van der Waals surface area contributed by atoms with E-state index >= 15 is 0 Å². The first-order chi connectivity index (χ1) is 8.08. The van der Waals surface area contributed by atoms with Gasteiger partial charge in [0.2, 0.25) is 0 Å². The van der Waals surface area contributed by atoms with Crippen molar-refractivity contribution in [3.8, 4) is 6.07 Å². The van der Waals surface area contributed by atoms with Crippen molar-refractivity contribution in [2.24, 2.45) is 0 Å². The molecule has 0 N–H and O–H groups in total. The van der Waals surface area contributed by atoms with Gasteiger partial charge in [0.25, 0.3) is 5.69 Å². The SMILES string of the molecule is COC(=O)/C=C(/C#N)c1ccc([N+](=O)[O-])cc1. The lowest BCUT2D eigenvalue weighted by Gasteiger charge is -1.98. The number of nitriles is 1. The van der Waals surface area contributed by atoms with Crippen LogP contribution in [-0.2, 0) is 9.53 Å². The van der Waals surface area contributed by atoms with Gasteiger partial charge in [-0.3, -0.25) is 10.1 Å². The van der Waals surface area contributed by atoms with E-state index in [0.29, 0.717) is 5.56 Å². The average molecular weight is 232 g/mol. The van der Waals surface area contributed by atoms with E-state index in [-0.39, 0.29) is 11.3 Å². The van der Waals surface area contributed by atoms with Crippen LogP contribution < -0.4 is 0 Å². The summed E-state index contributed by atoms with van der Waals surface area (Å²) in [5.74, 6) is -0.653. The lowest BCUT2D eigenvalue weighted by Crippen LogP contribution is -1.96. The number of non-ortho nitro benzene ring substituents is 1. The van der Waals surface area contributed by atoms with E-state index in [1.165, 1.54) is 31.4 Å². The highest BCUT2D eigenvalue weighted by Gasteiger charge is 2.08. The van der Waals surface area contributed by atoms with Crippen molar-refractivity contribution in [3.05, 3.63) is 46.0 Å². The number of nitro groups is 1. The highest BCUT2D eigenvalue weighted by atomic mass is 16.6. The molecule has 0 aliphatic heterocycles. The zero-order chi connectivity index (χ0) is 12.8. The number of allylic oxidation sites excluding steroid dienone is 1. The molecule has 86 valence electrons. The van der Waals surface area contributed by atoms with Crippen LogP contribution >= 0.6 is 0 Å². The van der Waals surface area contributed by atoms with Gasteiger partial charge in [-0.1, -0.05) is 0 Å². The fraction of sp³-hybridized carbons (Fsp3) is 0.0909.